The number of hydrogen-bond acceptors (Lipinski definition) is 6. The van der Waals surface area contributed by atoms with Gasteiger partial charge in [-0.25, -0.2) is 4.79 Å². The van der Waals surface area contributed by atoms with E-state index in [1.54, 1.807) is 24.3 Å². The Morgan fingerprint density at radius 3 is 2.56 bits per heavy atom. The van der Waals surface area contributed by atoms with Crippen LogP contribution in [0.5, 0.6) is 23.0 Å². The van der Waals surface area contributed by atoms with Crippen molar-refractivity contribution in [2.75, 3.05) is 0 Å². The summed E-state index contributed by atoms with van der Waals surface area (Å²) in [6.07, 6.45) is 0. The minimum Gasteiger partial charge on any atom is -0.508 e. The highest BCUT2D eigenvalue weighted by molar-refractivity contribution is 5.97. The zero-order valence-corrected chi connectivity index (χ0v) is 14.1. The molecule has 6 heteroatoms. The molecule has 3 aromatic rings. The first kappa shape index (κ1) is 15.7. The Balaban J connectivity index is 1.93. The number of phenols is 2. The van der Waals surface area contributed by atoms with Crippen molar-refractivity contribution < 1.29 is 24.5 Å². The fourth-order valence-corrected chi connectivity index (χ4v) is 3.97. The normalized spacial score (nSPS) is 19.1. The van der Waals surface area contributed by atoms with E-state index >= 15 is 0 Å². The monoisotopic (exact) mass is 361 g/mol. The van der Waals surface area contributed by atoms with Crippen molar-refractivity contribution in [2.24, 2.45) is 5.73 Å². The summed E-state index contributed by atoms with van der Waals surface area (Å²) >= 11 is 0. The van der Waals surface area contributed by atoms with E-state index in [0.717, 1.165) is 0 Å². The highest BCUT2D eigenvalue weighted by Gasteiger charge is 2.54. The maximum absolute atomic E-state index is 12.7. The molecule has 5 rings (SSSR count). The van der Waals surface area contributed by atoms with Crippen molar-refractivity contribution in [1.29, 1.82) is 0 Å². The second kappa shape index (κ2) is 5.25. The van der Waals surface area contributed by atoms with E-state index in [4.69, 9.17) is 15.2 Å². The molecule has 4 N–H and O–H groups in total. The summed E-state index contributed by atoms with van der Waals surface area (Å²) in [5, 5.41) is 20.2. The van der Waals surface area contributed by atoms with Gasteiger partial charge in [-0.3, -0.25) is 0 Å². The van der Waals surface area contributed by atoms with Crippen molar-refractivity contribution in [3.63, 3.8) is 0 Å². The van der Waals surface area contributed by atoms with Crippen molar-refractivity contribution in [3.05, 3.63) is 82.4 Å². The molecule has 27 heavy (non-hydrogen) atoms. The average Bonchev–Trinajstić information content (AvgIpc) is 2.95. The second-order valence-electron chi connectivity index (χ2n) is 6.54. The van der Waals surface area contributed by atoms with Crippen LogP contribution < -0.4 is 10.5 Å². The molecule has 0 saturated heterocycles. The van der Waals surface area contributed by atoms with Gasteiger partial charge in [-0.1, -0.05) is 18.2 Å². The molecule has 134 valence electrons. The highest BCUT2D eigenvalue weighted by atomic mass is 16.6. The molecule has 0 aromatic heterocycles. The van der Waals surface area contributed by atoms with E-state index in [0.29, 0.717) is 39.3 Å². The molecule has 0 amide bonds. The standard InChI is InChI=1S/C21H15NO5/c22-10-13-17(24)8-7-16-19(13)26-18-9-11(23)5-6-15(18)21(16)14-4-2-1-3-12(14)20(25)27-21/h1-9,23-24H,10,22H2. The Hall–Kier alpha value is -3.51. The first-order valence-electron chi connectivity index (χ1n) is 8.46. The van der Waals surface area contributed by atoms with E-state index in [1.165, 1.54) is 18.2 Å². The molecule has 6 nitrogen and oxygen atoms in total. The number of nitrogens with two attached hydrogens (primary N) is 1. The van der Waals surface area contributed by atoms with Crippen LogP contribution in [0, 0.1) is 0 Å². The van der Waals surface area contributed by atoms with Gasteiger partial charge in [0.2, 0.25) is 0 Å². The molecular formula is C21H15NO5. The molecule has 3 aromatic carbocycles. The van der Waals surface area contributed by atoms with Gasteiger partial charge in [-0.2, -0.15) is 0 Å². The summed E-state index contributed by atoms with van der Waals surface area (Å²) in [5.74, 6) is 0.235. The molecule has 0 bridgehead atoms. The fraction of sp³-hybridized carbons (Fsp3) is 0.0952. The lowest BCUT2D eigenvalue weighted by molar-refractivity contribution is 0.0223. The van der Waals surface area contributed by atoms with Gasteiger partial charge in [0.15, 0.2) is 5.60 Å². The van der Waals surface area contributed by atoms with Crippen LogP contribution in [0.3, 0.4) is 0 Å². The maximum atomic E-state index is 12.7. The second-order valence-corrected chi connectivity index (χ2v) is 6.54. The summed E-state index contributed by atoms with van der Waals surface area (Å²) in [4.78, 5) is 12.7. The summed E-state index contributed by atoms with van der Waals surface area (Å²) in [7, 11) is 0. The number of fused-ring (bicyclic) bond motifs is 6. The van der Waals surface area contributed by atoms with Gasteiger partial charge >= 0.3 is 5.97 Å². The molecule has 0 saturated carbocycles. The molecule has 1 unspecified atom stereocenters. The maximum Gasteiger partial charge on any atom is 0.340 e. The van der Waals surface area contributed by atoms with E-state index in [-0.39, 0.29) is 18.0 Å². The molecule has 1 spiro atoms. The van der Waals surface area contributed by atoms with Gasteiger partial charge in [0.25, 0.3) is 0 Å². The number of carbonyl (C=O) groups excluding carboxylic acids is 1. The summed E-state index contributed by atoms with van der Waals surface area (Å²) in [6, 6.07) is 15.0. The number of rotatable bonds is 1. The minimum absolute atomic E-state index is 0.00684. The number of ether oxygens (including phenoxy) is 2. The van der Waals surface area contributed by atoms with Gasteiger partial charge in [0, 0.05) is 29.3 Å². The van der Waals surface area contributed by atoms with Gasteiger partial charge in [0.1, 0.15) is 23.0 Å². The van der Waals surface area contributed by atoms with Crippen molar-refractivity contribution in [2.45, 2.75) is 12.1 Å². The predicted molar refractivity (Wildman–Crippen MR) is 95.9 cm³/mol. The summed E-state index contributed by atoms with van der Waals surface area (Å²) in [6.45, 7) is 0.0365. The summed E-state index contributed by atoms with van der Waals surface area (Å²) < 4.78 is 12.0. The van der Waals surface area contributed by atoms with Crippen LogP contribution in [-0.4, -0.2) is 16.2 Å². The lowest BCUT2D eigenvalue weighted by Crippen LogP contribution is -2.33. The van der Waals surface area contributed by atoms with E-state index in [9.17, 15) is 15.0 Å². The Bertz CT molecular complexity index is 1120. The Morgan fingerprint density at radius 2 is 1.74 bits per heavy atom. The van der Waals surface area contributed by atoms with Crippen LogP contribution >= 0.6 is 0 Å². The van der Waals surface area contributed by atoms with Gasteiger partial charge < -0.3 is 25.4 Å². The Kier molecular flexibility index (Phi) is 3.06. The van der Waals surface area contributed by atoms with Crippen LogP contribution in [0.4, 0.5) is 0 Å². The first-order chi connectivity index (χ1) is 13.1. The SMILES string of the molecule is NCc1c(O)ccc2c1Oc1cc(O)ccc1C21OC(=O)c2ccccc21. The van der Waals surface area contributed by atoms with E-state index in [1.807, 2.05) is 12.1 Å². The van der Waals surface area contributed by atoms with E-state index < -0.39 is 11.6 Å². The van der Waals surface area contributed by atoms with Gasteiger partial charge in [-0.15, -0.1) is 0 Å². The molecule has 0 fully saturated rings. The quantitative estimate of drug-likeness (QED) is 0.576. The topological polar surface area (TPSA) is 102 Å². The smallest absolute Gasteiger partial charge is 0.340 e. The average molecular weight is 361 g/mol. The zero-order chi connectivity index (χ0) is 18.8. The van der Waals surface area contributed by atoms with Crippen molar-refractivity contribution in [1.82, 2.24) is 0 Å². The molecule has 0 radical (unpaired) electrons. The van der Waals surface area contributed by atoms with Crippen LogP contribution in [0.2, 0.25) is 0 Å². The number of hydrogen-bond donors (Lipinski definition) is 3. The number of carbonyl (C=O) groups is 1. The molecule has 2 aliphatic heterocycles. The number of esters is 1. The van der Waals surface area contributed by atoms with Crippen LogP contribution in [0.25, 0.3) is 0 Å². The van der Waals surface area contributed by atoms with Crippen molar-refractivity contribution >= 4 is 5.97 Å². The third-order valence-corrected chi connectivity index (χ3v) is 5.15. The number of phenolic OH excluding ortho intramolecular Hbond substituents is 2. The summed E-state index contributed by atoms with van der Waals surface area (Å²) in [5.41, 5.74) is 7.33. The van der Waals surface area contributed by atoms with Crippen LogP contribution in [0.15, 0.2) is 54.6 Å². The molecule has 2 aliphatic rings. The van der Waals surface area contributed by atoms with Gasteiger partial charge in [0.05, 0.1) is 11.1 Å². The molecular weight excluding hydrogens is 346 g/mol. The number of benzene rings is 3. The fourth-order valence-electron chi connectivity index (χ4n) is 3.97. The lowest BCUT2D eigenvalue weighted by atomic mass is 9.77. The molecule has 0 aliphatic carbocycles. The minimum atomic E-state index is -1.23. The number of aromatic hydroxyl groups is 2. The predicted octanol–water partition coefficient (Wildman–Crippen LogP) is 3.12. The van der Waals surface area contributed by atoms with E-state index in [2.05, 4.69) is 0 Å². The lowest BCUT2D eigenvalue weighted by Gasteiger charge is -2.37. The largest absolute Gasteiger partial charge is 0.508 e. The molecule has 1 atom stereocenters. The van der Waals surface area contributed by atoms with Crippen molar-refractivity contribution in [3.8, 4) is 23.0 Å². The van der Waals surface area contributed by atoms with Crippen LogP contribution in [0.1, 0.15) is 32.6 Å². The third kappa shape index (κ3) is 1.90. The first-order valence-corrected chi connectivity index (χ1v) is 8.46. The van der Waals surface area contributed by atoms with Crippen LogP contribution in [-0.2, 0) is 16.9 Å². The highest BCUT2D eigenvalue weighted by Crippen LogP contribution is 2.57. The molecule has 2 heterocycles. The van der Waals surface area contributed by atoms with Gasteiger partial charge in [-0.05, 0) is 30.3 Å². The zero-order valence-electron chi connectivity index (χ0n) is 14.1. The third-order valence-electron chi connectivity index (χ3n) is 5.15. The Morgan fingerprint density at radius 1 is 0.963 bits per heavy atom. The Labute approximate surface area is 154 Å².